The Hall–Kier alpha value is -3.55. The second-order valence-electron chi connectivity index (χ2n) is 7.63. The smallest absolute Gasteiger partial charge is 0.251 e. The molecule has 31 heavy (non-hydrogen) atoms. The molecule has 0 saturated heterocycles. The Labute approximate surface area is 182 Å². The number of hydrogen-bond donors (Lipinski definition) is 2. The molecule has 0 heterocycles. The van der Waals surface area contributed by atoms with Crippen LogP contribution < -0.4 is 20.5 Å². The van der Waals surface area contributed by atoms with Crippen LogP contribution in [0.25, 0.3) is 0 Å². The van der Waals surface area contributed by atoms with Gasteiger partial charge in [-0.15, -0.1) is 0 Å². The first kappa shape index (κ1) is 22.1. The van der Waals surface area contributed by atoms with Crippen molar-refractivity contribution < 1.29 is 14.3 Å². The van der Waals surface area contributed by atoms with E-state index in [9.17, 15) is 4.79 Å². The van der Waals surface area contributed by atoms with E-state index in [4.69, 9.17) is 25.7 Å². The largest absolute Gasteiger partial charge is 0.493 e. The van der Waals surface area contributed by atoms with Gasteiger partial charge < -0.3 is 20.5 Å². The Bertz CT molecular complexity index is 968. The van der Waals surface area contributed by atoms with Gasteiger partial charge in [0.05, 0.1) is 24.3 Å². The summed E-state index contributed by atoms with van der Waals surface area (Å²) in [7, 11) is 0. The van der Waals surface area contributed by atoms with Crippen LogP contribution in [0.1, 0.15) is 54.4 Å². The zero-order chi connectivity index (χ0) is 22.1. The zero-order valence-electron chi connectivity index (χ0n) is 17.3. The van der Waals surface area contributed by atoms with E-state index in [-0.39, 0.29) is 18.0 Å². The standard InChI is InChI=1S/C24H26N4O3/c25-11-1-2-12-30-22-13-18(24(29)28-20-7-5-19(27)6-8-20)14-23(15-22)31-21-9-3-17(16-26)4-10-21/h3-4,9-10,13-15,19-20H,1-2,5-8,12,27H2,(H,28,29). The van der Waals surface area contributed by atoms with Crippen LogP contribution in [0.5, 0.6) is 17.2 Å². The third-order valence-corrected chi connectivity index (χ3v) is 5.17. The molecule has 1 amide bonds. The third kappa shape index (κ3) is 6.74. The van der Waals surface area contributed by atoms with Crippen LogP contribution >= 0.6 is 0 Å². The van der Waals surface area contributed by atoms with Crippen molar-refractivity contribution >= 4 is 5.91 Å². The molecule has 7 nitrogen and oxygen atoms in total. The molecule has 0 radical (unpaired) electrons. The highest BCUT2D eigenvalue weighted by Gasteiger charge is 2.21. The molecule has 2 aromatic rings. The molecule has 160 valence electrons. The monoisotopic (exact) mass is 418 g/mol. The van der Waals surface area contributed by atoms with Crippen LogP contribution in [0, 0.1) is 22.7 Å². The Kier molecular flexibility index (Phi) is 7.86. The summed E-state index contributed by atoms with van der Waals surface area (Å²) in [4.78, 5) is 12.9. The van der Waals surface area contributed by atoms with Gasteiger partial charge in [0.2, 0.25) is 0 Å². The summed E-state index contributed by atoms with van der Waals surface area (Å²) < 4.78 is 11.6. The van der Waals surface area contributed by atoms with Crippen molar-refractivity contribution in [2.24, 2.45) is 5.73 Å². The number of unbranched alkanes of at least 4 members (excludes halogenated alkanes) is 1. The molecular formula is C24H26N4O3. The molecule has 1 aliphatic rings. The normalized spacial score (nSPS) is 17.8. The molecule has 2 aromatic carbocycles. The Balaban J connectivity index is 1.75. The average molecular weight is 418 g/mol. The lowest BCUT2D eigenvalue weighted by Crippen LogP contribution is -2.40. The summed E-state index contributed by atoms with van der Waals surface area (Å²) in [6.45, 7) is 0.370. The fourth-order valence-corrected chi connectivity index (χ4v) is 3.45. The molecule has 0 spiro atoms. The van der Waals surface area contributed by atoms with Crippen molar-refractivity contribution in [3.8, 4) is 29.4 Å². The Morgan fingerprint density at radius 1 is 1.03 bits per heavy atom. The van der Waals surface area contributed by atoms with E-state index in [0.29, 0.717) is 47.8 Å². The molecular weight excluding hydrogens is 392 g/mol. The van der Waals surface area contributed by atoms with Gasteiger partial charge in [0.25, 0.3) is 5.91 Å². The highest BCUT2D eigenvalue weighted by atomic mass is 16.5. The van der Waals surface area contributed by atoms with Gasteiger partial charge in [0.1, 0.15) is 17.2 Å². The van der Waals surface area contributed by atoms with Crippen molar-refractivity contribution in [2.45, 2.75) is 50.6 Å². The predicted octanol–water partition coefficient (Wildman–Crippen LogP) is 4.03. The molecule has 7 heteroatoms. The predicted molar refractivity (Wildman–Crippen MR) is 116 cm³/mol. The minimum Gasteiger partial charge on any atom is -0.493 e. The number of benzene rings is 2. The van der Waals surface area contributed by atoms with Gasteiger partial charge in [-0.1, -0.05) is 0 Å². The summed E-state index contributed by atoms with van der Waals surface area (Å²) in [5.41, 5.74) is 6.93. The number of ether oxygens (including phenoxy) is 2. The summed E-state index contributed by atoms with van der Waals surface area (Å²) in [6, 6.07) is 16.3. The lowest BCUT2D eigenvalue weighted by atomic mass is 9.91. The number of nitrogens with two attached hydrogens (primary N) is 1. The van der Waals surface area contributed by atoms with Crippen LogP contribution in [0.15, 0.2) is 42.5 Å². The fraction of sp³-hybridized carbons (Fsp3) is 0.375. The number of hydrogen-bond acceptors (Lipinski definition) is 6. The van der Waals surface area contributed by atoms with E-state index in [1.54, 1.807) is 42.5 Å². The van der Waals surface area contributed by atoms with E-state index in [0.717, 1.165) is 25.7 Å². The van der Waals surface area contributed by atoms with Gasteiger partial charge in [-0.05, 0) is 68.5 Å². The van der Waals surface area contributed by atoms with Crippen molar-refractivity contribution in [2.75, 3.05) is 6.61 Å². The minimum absolute atomic E-state index is 0.107. The topological polar surface area (TPSA) is 121 Å². The zero-order valence-corrected chi connectivity index (χ0v) is 17.3. The molecule has 3 N–H and O–H groups in total. The van der Waals surface area contributed by atoms with Gasteiger partial charge in [0, 0.05) is 30.1 Å². The number of nitriles is 2. The van der Waals surface area contributed by atoms with Crippen LogP contribution in [-0.4, -0.2) is 24.6 Å². The number of carbonyl (C=O) groups is 1. The summed E-state index contributed by atoms with van der Waals surface area (Å²) in [6.07, 6.45) is 4.54. The van der Waals surface area contributed by atoms with Gasteiger partial charge in [-0.2, -0.15) is 10.5 Å². The molecule has 0 aliphatic heterocycles. The van der Waals surface area contributed by atoms with E-state index >= 15 is 0 Å². The quantitative estimate of drug-likeness (QED) is 0.624. The first-order valence-corrected chi connectivity index (χ1v) is 10.5. The number of carbonyl (C=O) groups excluding carboxylic acids is 1. The van der Waals surface area contributed by atoms with Crippen LogP contribution in [0.4, 0.5) is 0 Å². The maximum absolute atomic E-state index is 12.9. The second-order valence-corrected chi connectivity index (χ2v) is 7.63. The van der Waals surface area contributed by atoms with Gasteiger partial charge in [-0.3, -0.25) is 4.79 Å². The van der Waals surface area contributed by atoms with Crippen molar-refractivity contribution in [1.29, 1.82) is 10.5 Å². The van der Waals surface area contributed by atoms with E-state index in [1.165, 1.54) is 0 Å². The molecule has 0 unspecified atom stereocenters. The highest BCUT2D eigenvalue weighted by molar-refractivity contribution is 5.95. The van der Waals surface area contributed by atoms with Gasteiger partial charge in [-0.25, -0.2) is 0 Å². The Morgan fingerprint density at radius 3 is 2.42 bits per heavy atom. The maximum atomic E-state index is 12.9. The molecule has 1 aliphatic carbocycles. The minimum atomic E-state index is -0.187. The third-order valence-electron chi connectivity index (χ3n) is 5.17. The van der Waals surface area contributed by atoms with E-state index in [2.05, 4.69) is 17.5 Å². The number of nitrogens with one attached hydrogen (secondary N) is 1. The van der Waals surface area contributed by atoms with E-state index in [1.807, 2.05) is 0 Å². The molecule has 3 rings (SSSR count). The number of nitrogens with zero attached hydrogens (tertiary/aromatic N) is 2. The highest BCUT2D eigenvalue weighted by Crippen LogP contribution is 2.28. The van der Waals surface area contributed by atoms with Crippen molar-refractivity contribution in [3.05, 3.63) is 53.6 Å². The van der Waals surface area contributed by atoms with Crippen molar-refractivity contribution in [3.63, 3.8) is 0 Å². The summed E-state index contributed by atoms with van der Waals surface area (Å²) >= 11 is 0. The molecule has 0 aromatic heterocycles. The Morgan fingerprint density at radius 2 is 1.74 bits per heavy atom. The first-order chi connectivity index (χ1) is 15.1. The maximum Gasteiger partial charge on any atom is 0.251 e. The first-order valence-electron chi connectivity index (χ1n) is 10.5. The summed E-state index contributed by atoms with van der Waals surface area (Å²) in [5.74, 6) is 1.32. The van der Waals surface area contributed by atoms with E-state index < -0.39 is 0 Å². The average Bonchev–Trinajstić information content (AvgIpc) is 2.78. The molecule has 1 saturated carbocycles. The lowest BCUT2D eigenvalue weighted by molar-refractivity contribution is 0.0925. The van der Waals surface area contributed by atoms with Crippen LogP contribution in [-0.2, 0) is 0 Å². The molecule has 1 fully saturated rings. The number of amides is 1. The van der Waals surface area contributed by atoms with Crippen molar-refractivity contribution in [1.82, 2.24) is 5.32 Å². The summed E-state index contributed by atoms with van der Waals surface area (Å²) in [5, 5.41) is 20.7. The van der Waals surface area contributed by atoms with Crippen LogP contribution in [0.3, 0.4) is 0 Å². The molecule has 0 bridgehead atoms. The SMILES string of the molecule is N#CCCCOc1cc(Oc2ccc(C#N)cc2)cc(C(=O)NC2CCC(N)CC2)c1. The lowest BCUT2D eigenvalue weighted by Gasteiger charge is -2.26. The number of rotatable bonds is 8. The van der Waals surface area contributed by atoms with Gasteiger partial charge in [0.15, 0.2) is 0 Å². The second kappa shape index (κ2) is 11.0. The molecule has 0 atom stereocenters. The van der Waals surface area contributed by atoms with Crippen LogP contribution in [0.2, 0.25) is 0 Å². The fourth-order valence-electron chi connectivity index (χ4n) is 3.45. The van der Waals surface area contributed by atoms with Gasteiger partial charge >= 0.3 is 0 Å².